The van der Waals surface area contributed by atoms with Crippen molar-refractivity contribution in [3.05, 3.63) is 83.9 Å². The average molecular weight is 396 g/mol. The Hall–Kier alpha value is -3.26. The zero-order chi connectivity index (χ0) is 20.0. The summed E-state index contributed by atoms with van der Waals surface area (Å²) in [6, 6.07) is 12.8. The summed E-state index contributed by atoms with van der Waals surface area (Å²) < 4.78 is 25.1. The first-order valence-electron chi connectivity index (χ1n) is 8.60. The maximum atomic E-state index is 12.5. The van der Waals surface area contributed by atoms with Gasteiger partial charge in [0.15, 0.2) is 9.84 Å². The van der Waals surface area contributed by atoms with Crippen LogP contribution in [-0.4, -0.2) is 24.4 Å². The third-order valence-electron chi connectivity index (χ3n) is 3.96. The van der Waals surface area contributed by atoms with Gasteiger partial charge in [-0.25, -0.2) is 13.2 Å². The third-order valence-corrected chi connectivity index (χ3v) is 5.62. The standard InChI is InChI=1S/C20H20N4O3S/c1-15-4-5-18(22-11-15)14-28(26,27)19-8-6-17(7-9-19)24-20(25)23-13-16-3-2-10-21-12-16/h2-12H,13-14H2,1H3,(H2,23,24,25). The van der Waals surface area contributed by atoms with Crippen molar-refractivity contribution in [2.75, 3.05) is 5.32 Å². The second-order valence-electron chi connectivity index (χ2n) is 6.28. The number of benzene rings is 1. The predicted octanol–water partition coefficient (Wildman–Crippen LogP) is 3.08. The van der Waals surface area contributed by atoms with E-state index >= 15 is 0 Å². The van der Waals surface area contributed by atoms with Gasteiger partial charge in [-0.15, -0.1) is 0 Å². The molecule has 0 fully saturated rings. The lowest BCUT2D eigenvalue weighted by atomic mass is 10.3. The maximum Gasteiger partial charge on any atom is 0.319 e. The Balaban J connectivity index is 1.59. The summed E-state index contributed by atoms with van der Waals surface area (Å²) in [6.07, 6.45) is 4.97. The molecule has 8 heteroatoms. The van der Waals surface area contributed by atoms with Crippen molar-refractivity contribution in [1.29, 1.82) is 0 Å². The fourth-order valence-corrected chi connectivity index (χ4v) is 3.75. The number of urea groups is 1. The molecule has 3 aromatic rings. The number of rotatable bonds is 6. The summed E-state index contributed by atoms with van der Waals surface area (Å²) in [5, 5.41) is 5.38. The van der Waals surface area contributed by atoms with Crippen LogP contribution in [-0.2, 0) is 22.1 Å². The minimum Gasteiger partial charge on any atom is -0.334 e. The second-order valence-corrected chi connectivity index (χ2v) is 8.27. The van der Waals surface area contributed by atoms with Crippen molar-refractivity contribution in [3.63, 3.8) is 0 Å². The van der Waals surface area contributed by atoms with E-state index in [0.29, 0.717) is 17.9 Å². The number of anilines is 1. The minimum atomic E-state index is -3.52. The fourth-order valence-electron chi connectivity index (χ4n) is 2.47. The largest absolute Gasteiger partial charge is 0.334 e. The first-order chi connectivity index (χ1) is 13.4. The SMILES string of the molecule is Cc1ccc(CS(=O)(=O)c2ccc(NC(=O)NCc3cccnc3)cc2)nc1. The Morgan fingerprint density at radius 1 is 1.04 bits per heavy atom. The number of carbonyl (C=O) groups excluding carboxylic acids is 1. The highest BCUT2D eigenvalue weighted by Gasteiger charge is 2.16. The summed E-state index contributed by atoms with van der Waals surface area (Å²) >= 11 is 0. The molecule has 0 saturated heterocycles. The molecule has 0 unspecified atom stereocenters. The minimum absolute atomic E-state index is 0.175. The van der Waals surface area contributed by atoms with E-state index < -0.39 is 9.84 Å². The number of nitrogens with one attached hydrogen (secondary N) is 2. The van der Waals surface area contributed by atoms with Crippen molar-refractivity contribution in [2.24, 2.45) is 0 Å². The Bertz CT molecular complexity index is 1040. The van der Waals surface area contributed by atoms with E-state index in [1.165, 1.54) is 12.1 Å². The van der Waals surface area contributed by atoms with Gasteiger partial charge in [-0.05, 0) is 54.4 Å². The highest BCUT2D eigenvalue weighted by Crippen LogP contribution is 2.18. The average Bonchev–Trinajstić information content (AvgIpc) is 2.69. The van der Waals surface area contributed by atoms with Crippen LogP contribution in [0, 0.1) is 6.92 Å². The number of sulfone groups is 1. The Labute approximate surface area is 163 Å². The van der Waals surface area contributed by atoms with Crippen LogP contribution in [0.2, 0.25) is 0 Å². The molecule has 144 valence electrons. The van der Waals surface area contributed by atoms with Gasteiger partial charge in [0.2, 0.25) is 0 Å². The molecule has 28 heavy (non-hydrogen) atoms. The first-order valence-corrected chi connectivity index (χ1v) is 10.3. The van der Waals surface area contributed by atoms with Crippen LogP contribution >= 0.6 is 0 Å². The number of aromatic nitrogens is 2. The topological polar surface area (TPSA) is 101 Å². The van der Waals surface area contributed by atoms with Crippen molar-refractivity contribution < 1.29 is 13.2 Å². The molecule has 0 aliphatic carbocycles. The molecule has 0 spiro atoms. The molecule has 0 saturated carbocycles. The van der Waals surface area contributed by atoms with E-state index in [2.05, 4.69) is 20.6 Å². The fraction of sp³-hybridized carbons (Fsp3) is 0.150. The van der Waals surface area contributed by atoms with Gasteiger partial charge < -0.3 is 10.6 Å². The molecule has 1 aromatic carbocycles. The molecular formula is C20H20N4O3S. The number of hydrogen-bond donors (Lipinski definition) is 2. The second kappa shape index (κ2) is 8.62. The quantitative estimate of drug-likeness (QED) is 0.667. The summed E-state index contributed by atoms with van der Waals surface area (Å²) in [7, 11) is -3.52. The molecular weight excluding hydrogens is 376 g/mol. The summed E-state index contributed by atoms with van der Waals surface area (Å²) in [4.78, 5) is 20.3. The van der Waals surface area contributed by atoms with Gasteiger partial charge in [0, 0.05) is 30.8 Å². The number of amides is 2. The van der Waals surface area contributed by atoms with E-state index in [1.54, 1.807) is 42.9 Å². The first kappa shape index (κ1) is 19.5. The zero-order valence-electron chi connectivity index (χ0n) is 15.3. The van der Waals surface area contributed by atoms with Gasteiger partial charge in [0.1, 0.15) is 0 Å². The van der Waals surface area contributed by atoms with E-state index in [4.69, 9.17) is 0 Å². The molecule has 0 aliphatic rings. The molecule has 7 nitrogen and oxygen atoms in total. The lowest BCUT2D eigenvalue weighted by Crippen LogP contribution is -2.28. The predicted molar refractivity (Wildman–Crippen MR) is 106 cm³/mol. The molecule has 2 aromatic heterocycles. The molecule has 0 aliphatic heterocycles. The highest BCUT2D eigenvalue weighted by molar-refractivity contribution is 7.90. The number of carbonyl (C=O) groups is 1. The van der Waals surface area contributed by atoms with Crippen LogP contribution in [0.1, 0.15) is 16.8 Å². The molecule has 2 N–H and O–H groups in total. The Morgan fingerprint density at radius 3 is 2.46 bits per heavy atom. The van der Waals surface area contributed by atoms with Gasteiger partial charge in [0.05, 0.1) is 16.3 Å². The van der Waals surface area contributed by atoms with Gasteiger partial charge in [-0.3, -0.25) is 9.97 Å². The molecule has 3 rings (SSSR count). The highest BCUT2D eigenvalue weighted by atomic mass is 32.2. The molecule has 0 bridgehead atoms. The van der Waals surface area contributed by atoms with E-state index in [-0.39, 0.29) is 16.7 Å². The summed E-state index contributed by atoms with van der Waals surface area (Å²) in [6.45, 7) is 2.24. The lowest BCUT2D eigenvalue weighted by Gasteiger charge is -2.09. The molecule has 0 atom stereocenters. The molecule has 2 heterocycles. The van der Waals surface area contributed by atoms with E-state index in [9.17, 15) is 13.2 Å². The van der Waals surface area contributed by atoms with Crippen LogP contribution < -0.4 is 10.6 Å². The van der Waals surface area contributed by atoms with Gasteiger partial charge in [-0.1, -0.05) is 12.1 Å². The third kappa shape index (κ3) is 5.37. The van der Waals surface area contributed by atoms with Crippen LogP contribution in [0.3, 0.4) is 0 Å². The number of hydrogen-bond acceptors (Lipinski definition) is 5. The van der Waals surface area contributed by atoms with Crippen LogP contribution in [0.25, 0.3) is 0 Å². The van der Waals surface area contributed by atoms with E-state index in [0.717, 1.165) is 11.1 Å². The van der Waals surface area contributed by atoms with Crippen LogP contribution in [0.15, 0.2) is 72.0 Å². The Morgan fingerprint density at radius 2 is 1.82 bits per heavy atom. The molecule has 2 amide bonds. The monoisotopic (exact) mass is 396 g/mol. The summed E-state index contributed by atoms with van der Waals surface area (Å²) in [5.41, 5.74) is 2.83. The van der Waals surface area contributed by atoms with Gasteiger partial charge in [0.25, 0.3) is 0 Å². The normalized spacial score (nSPS) is 11.0. The number of aryl methyl sites for hydroxylation is 1. The van der Waals surface area contributed by atoms with Gasteiger partial charge >= 0.3 is 6.03 Å². The lowest BCUT2D eigenvalue weighted by molar-refractivity contribution is 0.251. The Kier molecular flexibility index (Phi) is 6.00. The molecule has 0 radical (unpaired) electrons. The van der Waals surface area contributed by atoms with Crippen molar-refractivity contribution in [2.45, 2.75) is 24.1 Å². The zero-order valence-corrected chi connectivity index (χ0v) is 16.1. The van der Waals surface area contributed by atoms with Crippen LogP contribution in [0.5, 0.6) is 0 Å². The van der Waals surface area contributed by atoms with Crippen LogP contribution in [0.4, 0.5) is 10.5 Å². The smallest absolute Gasteiger partial charge is 0.319 e. The van der Waals surface area contributed by atoms with E-state index in [1.807, 2.05) is 19.1 Å². The number of pyridine rings is 2. The van der Waals surface area contributed by atoms with Crippen molar-refractivity contribution in [3.8, 4) is 0 Å². The van der Waals surface area contributed by atoms with Crippen molar-refractivity contribution >= 4 is 21.6 Å². The maximum absolute atomic E-state index is 12.5. The van der Waals surface area contributed by atoms with Gasteiger partial charge in [-0.2, -0.15) is 0 Å². The summed E-state index contributed by atoms with van der Waals surface area (Å²) in [5.74, 6) is -0.175. The number of nitrogens with zero attached hydrogens (tertiary/aromatic N) is 2. The van der Waals surface area contributed by atoms with Crippen molar-refractivity contribution in [1.82, 2.24) is 15.3 Å².